The molecule has 0 amide bonds. The van der Waals surface area contributed by atoms with Gasteiger partial charge in [-0.05, 0) is 25.3 Å². The fourth-order valence-corrected chi connectivity index (χ4v) is 3.30. The molecule has 2 N–H and O–H groups in total. The summed E-state index contributed by atoms with van der Waals surface area (Å²) in [7, 11) is 0. The van der Waals surface area contributed by atoms with Crippen molar-refractivity contribution < 1.29 is 9.90 Å². The summed E-state index contributed by atoms with van der Waals surface area (Å²) in [6.45, 7) is 4.02. The summed E-state index contributed by atoms with van der Waals surface area (Å²) in [4.78, 5) is 31.6. The van der Waals surface area contributed by atoms with Crippen molar-refractivity contribution in [2.75, 3.05) is 0 Å². The summed E-state index contributed by atoms with van der Waals surface area (Å²) in [5.74, 6) is -0.258. The predicted molar refractivity (Wildman–Crippen MR) is 74.9 cm³/mol. The standard InChI is InChI=1S/C13H16N2O3S/c1-3-8-7(2)19-13-11(8)12(18)14-9(15-13)5-4-6-10(16)17/h3-6H2,1-2H3,(H,16,17)(H,14,15,18). The van der Waals surface area contributed by atoms with Crippen LogP contribution in [0, 0.1) is 6.92 Å². The van der Waals surface area contributed by atoms with Crippen LogP contribution < -0.4 is 5.56 Å². The lowest BCUT2D eigenvalue weighted by Gasteiger charge is -2.00. The minimum absolute atomic E-state index is 0.0887. The molecule has 0 aliphatic heterocycles. The summed E-state index contributed by atoms with van der Waals surface area (Å²) in [6.07, 6.45) is 1.87. The summed E-state index contributed by atoms with van der Waals surface area (Å²) in [5, 5.41) is 9.29. The molecule has 0 aliphatic carbocycles. The number of nitrogens with zero attached hydrogens (tertiary/aromatic N) is 1. The van der Waals surface area contributed by atoms with Crippen molar-refractivity contribution in [3.05, 3.63) is 26.6 Å². The van der Waals surface area contributed by atoms with E-state index < -0.39 is 5.97 Å². The zero-order valence-corrected chi connectivity index (χ0v) is 11.8. The van der Waals surface area contributed by atoms with Crippen molar-refractivity contribution in [3.8, 4) is 0 Å². The molecule has 2 aromatic rings. The highest BCUT2D eigenvalue weighted by molar-refractivity contribution is 7.18. The molecule has 102 valence electrons. The van der Waals surface area contributed by atoms with Crippen LogP contribution in [-0.2, 0) is 17.6 Å². The van der Waals surface area contributed by atoms with Crippen molar-refractivity contribution in [2.24, 2.45) is 0 Å². The second-order valence-corrected chi connectivity index (χ2v) is 5.63. The molecule has 0 radical (unpaired) electrons. The lowest BCUT2D eigenvalue weighted by atomic mass is 10.1. The fourth-order valence-electron chi connectivity index (χ4n) is 2.17. The largest absolute Gasteiger partial charge is 0.481 e. The molecule has 0 fully saturated rings. The number of hydrogen-bond acceptors (Lipinski definition) is 4. The van der Waals surface area contributed by atoms with E-state index in [2.05, 4.69) is 9.97 Å². The molecule has 0 saturated carbocycles. The topological polar surface area (TPSA) is 83.0 Å². The van der Waals surface area contributed by atoms with Gasteiger partial charge < -0.3 is 10.1 Å². The number of carboxylic acid groups (broad SMARTS) is 1. The molecule has 2 aromatic heterocycles. The van der Waals surface area contributed by atoms with Crippen molar-refractivity contribution >= 4 is 27.5 Å². The summed E-state index contributed by atoms with van der Waals surface area (Å²) in [5.41, 5.74) is 0.947. The van der Waals surface area contributed by atoms with Gasteiger partial charge in [0.05, 0.1) is 5.39 Å². The van der Waals surface area contributed by atoms with Gasteiger partial charge in [-0.2, -0.15) is 0 Å². The van der Waals surface area contributed by atoms with Gasteiger partial charge in [-0.3, -0.25) is 9.59 Å². The number of carboxylic acids is 1. The maximum absolute atomic E-state index is 12.1. The number of aliphatic carboxylic acids is 1. The Kier molecular flexibility index (Phi) is 3.99. The van der Waals surface area contributed by atoms with E-state index in [1.807, 2.05) is 13.8 Å². The number of fused-ring (bicyclic) bond motifs is 1. The third-order valence-corrected chi connectivity index (χ3v) is 4.11. The highest BCUT2D eigenvalue weighted by Gasteiger charge is 2.13. The molecule has 2 heterocycles. The van der Waals surface area contributed by atoms with Crippen molar-refractivity contribution in [1.29, 1.82) is 0 Å². The van der Waals surface area contributed by atoms with Gasteiger partial charge in [-0.25, -0.2) is 4.98 Å². The number of nitrogens with one attached hydrogen (secondary N) is 1. The number of H-pyrrole nitrogens is 1. The van der Waals surface area contributed by atoms with Crippen LogP contribution in [0.25, 0.3) is 10.2 Å². The van der Waals surface area contributed by atoms with E-state index in [9.17, 15) is 9.59 Å². The molecule has 0 spiro atoms. The van der Waals surface area contributed by atoms with E-state index in [0.29, 0.717) is 24.1 Å². The Morgan fingerprint density at radius 3 is 2.84 bits per heavy atom. The maximum Gasteiger partial charge on any atom is 0.303 e. The van der Waals surface area contributed by atoms with E-state index in [4.69, 9.17) is 5.11 Å². The Bertz CT molecular complexity index is 672. The highest BCUT2D eigenvalue weighted by Crippen LogP contribution is 2.27. The van der Waals surface area contributed by atoms with Gasteiger partial charge in [-0.1, -0.05) is 6.92 Å². The number of aryl methyl sites for hydroxylation is 3. The Balaban J connectivity index is 2.35. The third-order valence-electron chi connectivity index (χ3n) is 3.07. The van der Waals surface area contributed by atoms with Crippen molar-refractivity contribution in [3.63, 3.8) is 0 Å². The smallest absolute Gasteiger partial charge is 0.303 e. The monoisotopic (exact) mass is 280 g/mol. The molecular weight excluding hydrogens is 264 g/mol. The van der Waals surface area contributed by atoms with Gasteiger partial charge in [0, 0.05) is 17.7 Å². The van der Waals surface area contributed by atoms with Gasteiger partial charge >= 0.3 is 5.97 Å². The lowest BCUT2D eigenvalue weighted by Crippen LogP contribution is -2.12. The Morgan fingerprint density at radius 2 is 2.21 bits per heavy atom. The van der Waals surface area contributed by atoms with Gasteiger partial charge in [0.2, 0.25) is 0 Å². The molecule has 6 heteroatoms. The fraction of sp³-hybridized carbons (Fsp3) is 0.462. The maximum atomic E-state index is 12.1. The van der Waals surface area contributed by atoms with E-state index >= 15 is 0 Å². The first-order valence-electron chi connectivity index (χ1n) is 6.26. The van der Waals surface area contributed by atoms with Crippen molar-refractivity contribution in [1.82, 2.24) is 9.97 Å². The zero-order valence-electron chi connectivity index (χ0n) is 10.9. The molecule has 0 unspecified atom stereocenters. The van der Waals surface area contributed by atoms with Crippen LogP contribution >= 0.6 is 11.3 Å². The minimum Gasteiger partial charge on any atom is -0.481 e. The highest BCUT2D eigenvalue weighted by atomic mass is 32.1. The Labute approximate surface area is 114 Å². The van der Waals surface area contributed by atoms with Crippen molar-refractivity contribution in [2.45, 2.75) is 39.5 Å². The van der Waals surface area contributed by atoms with Crippen LogP contribution in [0.5, 0.6) is 0 Å². The van der Waals surface area contributed by atoms with E-state index in [-0.39, 0.29) is 12.0 Å². The molecule has 2 rings (SSSR count). The van der Waals surface area contributed by atoms with Gasteiger partial charge in [-0.15, -0.1) is 11.3 Å². The zero-order chi connectivity index (χ0) is 14.0. The summed E-state index contributed by atoms with van der Waals surface area (Å²) >= 11 is 1.52. The first-order chi connectivity index (χ1) is 9.02. The molecule has 0 aliphatic rings. The Hall–Kier alpha value is -1.69. The minimum atomic E-state index is -0.830. The van der Waals surface area contributed by atoms with Crippen LogP contribution in [0.4, 0.5) is 0 Å². The van der Waals surface area contributed by atoms with Crippen LogP contribution in [-0.4, -0.2) is 21.0 Å². The van der Waals surface area contributed by atoms with Crippen LogP contribution in [0.3, 0.4) is 0 Å². The number of rotatable bonds is 5. The van der Waals surface area contributed by atoms with Crippen LogP contribution in [0.2, 0.25) is 0 Å². The molecule has 0 bridgehead atoms. The molecule has 0 aromatic carbocycles. The SMILES string of the molecule is CCc1c(C)sc2nc(CCCC(=O)O)[nH]c(=O)c12. The lowest BCUT2D eigenvalue weighted by molar-refractivity contribution is -0.137. The average molecular weight is 280 g/mol. The van der Waals surface area contributed by atoms with Crippen LogP contribution in [0.15, 0.2) is 4.79 Å². The van der Waals surface area contributed by atoms with E-state index in [0.717, 1.165) is 21.7 Å². The second kappa shape index (κ2) is 5.52. The molecule has 0 atom stereocenters. The number of aromatic nitrogens is 2. The first kappa shape index (κ1) is 13.7. The Morgan fingerprint density at radius 1 is 1.47 bits per heavy atom. The third kappa shape index (κ3) is 2.84. The van der Waals surface area contributed by atoms with E-state index in [1.165, 1.54) is 11.3 Å². The average Bonchev–Trinajstić information content (AvgIpc) is 2.64. The summed E-state index contributed by atoms with van der Waals surface area (Å²) in [6, 6.07) is 0. The second-order valence-electron chi connectivity index (χ2n) is 4.43. The molecule has 0 saturated heterocycles. The number of hydrogen-bond donors (Lipinski definition) is 2. The normalized spacial score (nSPS) is 11.1. The number of aromatic amines is 1. The first-order valence-corrected chi connectivity index (χ1v) is 7.07. The van der Waals surface area contributed by atoms with Gasteiger partial charge in [0.15, 0.2) is 0 Å². The molecule has 5 nitrogen and oxygen atoms in total. The van der Waals surface area contributed by atoms with Gasteiger partial charge in [0.25, 0.3) is 5.56 Å². The molecular formula is C13H16N2O3S. The predicted octanol–water partition coefficient (Wildman–Crippen LogP) is 2.26. The number of thiophene rings is 1. The van der Waals surface area contributed by atoms with E-state index in [1.54, 1.807) is 0 Å². The van der Waals surface area contributed by atoms with Crippen LogP contribution in [0.1, 0.15) is 36.0 Å². The van der Waals surface area contributed by atoms with Gasteiger partial charge in [0.1, 0.15) is 10.7 Å². The number of carbonyl (C=O) groups is 1. The summed E-state index contributed by atoms with van der Waals surface area (Å²) < 4.78 is 0. The quantitative estimate of drug-likeness (QED) is 0.880. The molecule has 19 heavy (non-hydrogen) atoms.